The second-order valence-corrected chi connectivity index (χ2v) is 10.7. The van der Waals surface area contributed by atoms with Crippen LogP contribution in [0.2, 0.25) is 0 Å². The summed E-state index contributed by atoms with van der Waals surface area (Å²) in [6.45, 7) is 9.05. The highest BCUT2D eigenvalue weighted by molar-refractivity contribution is 7.07. The highest BCUT2D eigenvalue weighted by atomic mass is 32.1. The molecular formula is C29H29N3O8S. The van der Waals surface area contributed by atoms with Crippen LogP contribution in [0.3, 0.4) is 0 Å². The van der Waals surface area contributed by atoms with E-state index in [1.807, 2.05) is 13.8 Å². The molecule has 0 unspecified atom stereocenters. The number of esters is 2. The van der Waals surface area contributed by atoms with E-state index >= 15 is 0 Å². The highest BCUT2D eigenvalue weighted by Gasteiger charge is 2.34. The molecule has 0 amide bonds. The fourth-order valence-corrected chi connectivity index (χ4v) is 5.31. The Hall–Kier alpha value is -4.58. The van der Waals surface area contributed by atoms with Gasteiger partial charge in [-0.25, -0.2) is 9.79 Å². The van der Waals surface area contributed by atoms with Crippen LogP contribution in [0.5, 0.6) is 11.5 Å². The van der Waals surface area contributed by atoms with Gasteiger partial charge in [-0.3, -0.25) is 24.3 Å². The van der Waals surface area contributed by atoms with Gasteiger partial charge in [-0.2, -0.15) is 0 Å². The molecule has 0 N–H and O–H groups in total. The van der Waals surface area contributed by atoms with Crippen LogP contribution in [-0.2, 0) is 14.3 Å². The Balaban J connectivity index is 1.91. The maximum Gasteiger partial charge on any atom is 0.338 e. The Kier molecular flexibility index (Phi) is 8.82. The van der Waals surface area contributed by atoms with Crippen LogP contribution in [0.1, 0.15) is 51.8 Å². The molecule has 1 atom stereocenters. The number of fused-ring (bicyclic) bond motifs is 1. The average Bonchev–Trinajstić information content (AvgIpc) is 3.21. The number of hydrogen-bond donors (Lipinski definition) is 0. The van der Waals surface area contributed by atoms with E-state index in [2.05, 4.69) is 4.99 Å². The van der Waals surface area contributed by atoms with Gasteiger partial charge >= 0.3 is 11.9 Å². The van der Waals surface area contributed by atoms with Gasteiger partial charge in [-0.05, 0) is 61.2 Å². The smallest absolute Gasteiger partial charge is 0.338 e. The van der Waals surface area contributed by atoms with Crippen molar-refractivity contribution >= 4 is 35.0 Å². The number of nitro benzene ring substituents is 1. The predicted molar refractivity (Wildman–Crippen MR) is 152 cm³/mol. The molecule has 0 saturated heterocycles. The molecule has 41 heavy (non-hydrogen) atoms. The van der Waals surface area contributed by atoms with Crippen LogP contribution in [-0.4, -0.2) is 34.6 Å². The summed E-state index contributed by atoms with van der Waals surface area (Å²) in [6, 6.07) is 9.77. The zero-order chi connectivity index (χ0) is 29.8. The third kappa shape index (κ3) is 6.43. The van der Waals surface area contributed by atoms with Crippen molar-refractivity contribution in [2.75, 3.05) is 13.2 Å². The largest absolute Gasteiger partial charge is 0.490 e. The van der Waals surface area contributed by atoms with Crippen LogP contribution in [0.4, 0.5) is 5.69 Å². The number of allylic oxidation sites excluding steroid dienone is 1. The third-order valence-electron chi connectivity index (χ3n) is 6.03. The van der Waals surface area contributed by atoms with Gasteiger partial charge in [0.2, 0.25) is 0 Å². The molecule has 1 aliphatic rings. The molecule has 0 bridgehead atoms. The van der Waals surface area contributed by atoms with Gasteiger partial charge in [0.15, 0.2) is 16.3 Å². The van der Waals surface area contributed by atoms with E-state index in [1.54, 1.807) is 50.3 Å². The quantitative estimate of drug-likeness (QED) is 0.162. The summed E-state index contributed by atoms with van der Waals surface area (Å²) in [7, 11) is 0. The third-order valence-corrected chi connectivity index (χ3v) is 7.01. The number of aromatic nitrogens is 1. The zero-order valence-electron chi connectivity index (χ0n) is 23.2. The number of ether oxygens (including phenoxy) is 3. The van der Waals surface area contributed by atoms with Gasteiger partial charge in [-0.1, -0.05) is 31.3 Å². The fourth-order valence-electron chi connectivity index (χ4n) is 4.26. The van der Waals surface area contributed by atoms with E-state index in [4.69, 9.17) is 14.2 Å². The number of hydrogen-bond acceptors (Lipinski definition) is 10. The topological polar surface area (TPSA) is 139 Å². The van der Waals surface area contributed by atoms with Crippen molar-refractivity contribution < 1.29 is 28.7 Å². The summed E-state index contributed by atoms with van der Waals surface area (Å²) >= 11 is 1.13. The number of rotatable bonds is 9. The Bertz CT molecular complexity index is 1720. The number of non-ortho nitro benzene ring substituents is 1. The van der Waals surface area contributed by atoms with Gasteiger partial charge in [0, 0.05) is 19.1 Å². The van der Waals surface area contributed by atoms with Crippen molar-refractivity contribution in [1.82, 2.24) is 4.57 Å². The lowest BCUT2D eigenvalue weighted by Crippen LogP contribution is -2.40. The van der Waals surface area contributed by atoms with Gasteiger partial charge in [0.05, 0.1) is 40.0 Å². The van der Waals surface area contributed by atoms with Gasteiger partial charge in [0.1, 0.15) is 0 Å². The lowest BCUT2D eigenvalue weighted by Gasteiger charge is -2.25. The maximum absolute atomic E-state index is 13.8. The summed E-state index contributed by atoms with van der Waals surface area (Å²) in [4.78, 5) is 54.4. The standard InChI is InChI=1S/C29H29N3O8S/c1-6-38-23-14-20(9-12-22(23)40-18(5)33)26-25(28(35)39-15-16(2)3)17(4)30-29-31(26)27(34)24(41-29)13-19-7-10-21(11-8-19)32(36)37/h7-14,16,26H,6,15H2,1-5H3/b24-13-/t26-/m1/s1. The van der Waals surface area contributed by atoms with E-state index in [0.29, 0.717) is 26.2 Å². The molecular weight excluding hydrogens is 550 g/mol. The molecule has 2 heterocycles. The fraction of sp³-hybridized carbons (Fsp3) is 0.310. The molecule has 0 fully saturated rings. The first-order valence-corrected chi connectivity index (χ1v) is 13.7. The van der Waals surface area contributed by atoms with E-state index < -0.39 is 28.5 Å². The molecule has 4 rings (SSSR count). The predicted octanol–water partition coefficient (Wildman–Crippen LogP) is 3.67. The molecule has 0 radical (unpaired) electrons. The molecule has 0 saturated carbocycles. The summed E-state index contributed by atoms with van der Waals surface area (Å²) in [5.74, 6) is -0.548. The lowest BCUT2D eigenvalue weighted by atomic mass is 9.95. The van der Waals surface area contributed by atoms with E-state index in [9.17, 15) is 24.5 Å². The van der Waals surface area contributed by atoms with Gasteiger partial charge < -0.3 is 14.2 Å². The van der Waals surface area contributed by atoms with E-state index in [0.717, 1.165) is 11.3 Å². The monoisotopic (exact) mass is 579 g/mol. The minimum Gasteiger partial charge on any atom is -0.490 e. The van der Waals surface area contributed by atoms with Crippen LogP contribution in [0.15, 0.2) is 63.5 Å². The molecule has 11 nitrogen and oxygen atoms in total. The summed E-state index contributed by atoms with van der Waals surface area (Å²) < 4.78 is 18.3. The molecule has 2 aromatic carbocycles. The first-order chi connectivity index (χ1) is 19.5. The summed E-state index contributed by atoms with van der Waals surface area (Å²) in [6.07, 6.45) is 1.62. The van der Waals surface area contributed by atoms with Crippen molar-refractivity contribution in [2.45, 2.75) is 40.7 Å². The lowest BCUT2D eigenvalue weighted by molar-refractivity contribution is -0.384. The zero-order valence-corrected chi connectivity index (χ0v) is 24.0. The Morgan fingerprint density at radius 2 is 1.88 bits per heavy atom. The first kappa shape index (κ1) is 29.4. The SMILES string of the molecule is CCOc1cc([C@@H]2C(C(=O)OCC(C)C)=C(C)N=c3s/c(=C\c4ccc([N+](=O)[O-])cc4)c(=O)n32)ccc1OC(C)=O. The molecule has 3 aromatic rings. The molecule has 12 heteroatoms. The molecule has 0 aliphatic carbocycles. The van der Waals surface area contributed by atoms with Crippen LogP contribution < -0.4 is 24.4 Å². The van der Waals surface area contributed by atoms with Crippen molar-refractivity contribution in [3.63, 3.8) is 0 Å². The summed E-state index contributed by atoms with van der Waals surface area (Å²) in [5.41, 5.74) is 1.25. The number of carbonyl (C=O) groups excluding carboxylic acids is 2. The normalized spacial score (nSPS) is 14.9. The number of benzene rings is 2. The number of carbonyl (C=O) groups is 2. The minimum absolute atomic E-state index is 0.0638. The van der Waals surface area contributed by atoms with Gasteiger partial charge in [-0.15, -0.1) is 0 Å². The summed E-state index contributed by atoms with van der Waals surface area (Å²) in [5, 5.41) is 11.0. The number of nitro groups is 1. The van der Waals surface area contributed by atoms with E-state index in [-0.39, 0.29) is 41.9 Å². The number of nitrogens with zero attached hydrogens (tertiary/aromatic N) is 3. The molecule has 1 aliphatic heterocycles. The Labute approximate surface area is 239 Å². The maximum atomic E-state index is 13.8. The van der Waals surface area contributed by atoms with Crippen LogP contribution in [0.25, 0.3) is 6.08 Å². The molecule has 1 aromatic heterocycles. The van der Waals surface area contributed by atoms with Crippen molar-refractivity contribution in [3.8, 4) is 11.5 Å². The number of thiazole rings is 1. The molecule has 0 spiro atoms. The second-order valence-electron chi connectivity index (χ2n) is 9.66. The Morgan fingerprint density at radius 1 is 1.17 bits per heavy atom. The highest BCUT2D eigenvalue weighted by Crippen LogP contribution is 2.36. The van der Waals surface area contributed by atoms with Crippen molar-refractivity contribution in [1.29, 1.82) is 0 Å². The van der Waals surface area contributed by atoms with Crippen LogP contribution in [0, 0.1) is 16.0 Å². The van der Waals surface area contributed by atoms with Crippen molar-refractivity contribution in [3.05, 3.63) is 94.7 Å². The average molecular weight is 580 g/mol. The van der Waals surface area contributed by atoms with Crippen molar-refractivity contribution in [2.24, 2.45) is 10.9 Å². The second kappa shape index (κ2) is 12.3. The Morgan fingerprint density at radius 3 is 2.49 bits per heavy atom. The first-order valence-electron chi connectivity index (χ1n) is 12.9. The van der Waals surface area contributed by atoms with Crippen LogP contribution >= 0.6 is 11.3 Å². The molecule has 214 valence electrons. The van der Waals surface area contributed by atoms with E-state index in [1.165, 1.54) is 23.6 Å². The van der Waals surface area contributed by atoms with Gasteiger partial charge in [0.25, 0.3) is 11.2 Å². The minimum atomic E-state index is -0.907.